The van der Waals surface area contributed by atoms with E-state index < -0.39 is 0 Å². The van der Waals surface area contributed by atoms with Crippen LogP contribution in [0.15, 0.2) is 63.7 Å². The highest BCUT2D eigenvalue weighted by Gasteiger charge is 2.14. The van der Waals surface area contributed by atoms with Crippen molar-refractivity contribution in [3.63, 3.8) is 0 Å². The Labute approximate surface area is 148 Å². The molecule has 1 aliphatic heterocycles. The number of pyridine rings is 1. The minimum Gasteiger partial charge on any atom is -0.255 e. The van der Waals surface area contributed by atoms with Crippen molar-refractivity contribution in [2.75, 3.05) is 0 Å². The largest absolute Gasteiger partial charge is 0.255 e. The molecule has 0 spiro atoms. The minimum atomic E-state index is 0.600. The molecule has 0 atom stereocenters. The second kappa shape index (κ2) is 6.26. The molecule has 4 rings (SSSR count). The molecule has 2 heterocycles. The number of amidine groups is 1. The number of aromatic nitrogens is 1. The zero-order chi connectivity index (χ0) is 16.5. The number of nitrogens with one attached hydrogen (secondary N) is 1. The number of halogens is 1. The molecule has 0 radical (unpaired) electrons. The Morgan fingerprint density at radius 3 is 2.88 bits per heavy atom. The lowest BCUT2D eigenvalue weighted by Crippen LogP contribution is -2.11. The number of para-hydroxylation sites is 1. The molecule has 0 bridgehead atoms. The molecular weight excluding hydrogens is 340 g/mol. The number of rotatable bonds is 1. The van der Waals surface area contributed by atoms with E-state index in [4.69, 9.17) is 16.6 Å². The molecular formula is C18H13ClN4S. The summed E-state index contributed by atoms with van der Waals surface area (Å²) < 4.78 is 0. The lowest BCUT2D eigenvalue weighted by Gasteiger charge is -2.06. The van der Waals surface area contributed by atoms with Gasteiger partial charge in [0.1, 0.15) is 5.03 Å². The van der Waals surface area contributed by atoms with E-state index in [0.717, 1.165) is 21.5 Å². The molecule has 4 nitrogen and oxygen atoms in total. The van der Waals surface area contributed by atoms with Gasteiger partial charge < -0.3 is 0 Å². The van der Waals surface area contributed by atoms with Crippen LogP contribution in [0.2, 0.25) is 5.02 Å². The van der Waals surface area contributed by atoms with Crippen LogP contribution in [0.5, 0.6) is 0 Å². The molecule has 1 aliphatic rings. The van der Waals surface area contributed by atoms with Crippen LogP contribution >= 0.6 is 23.4 Å². The van der Waals surface area contributed by atoms with Gasteiger partial charge >= 0.3 is 0 Å². The minimum absolute atomic E-state index is 0.600. The third-order valence-corrected chi connectivity index (χ3v) is 4.81. The van der Waals surface area contributed by atoms with Crippen molar-refractivity contribution in [1.82, 2.24) is 10.4 Å². The first kappa shape index (κ1) is 15.2. The molecule has 0 fully saturated rings. The highest BCUT2D eigenvalue weighted by molar-refractivity contribution is 8.13. The van der Waals surface area contributed by atoms with Gasteiger partial charge in [-0.15, -0.1) is 0 Å². The van der Waals surface area contributed by atoms with E-state index in [1.165, 1.54) is 17.3 Å². The van der Waals surface area contributed by atoms with Crippen molar-refractivity contribution in [3.8, 4) is 0 Å². The molecule has 0 saturated carbocycles. The predicted molar refractivity (Wildman–Crippen MR) is 102 cm³/mol. The maximum atomic E-state index is 6.18. The number of hydrazone groups is 1. The fourth-order valence-corrected chi connectivity index (χ4v) is 3.42. The Morgan fingerprint density at radius 2 is 2.00 bits per heavy atom. The smallest absolute Gasteiger partial charge is 0.188 e. The summed E-state index contributed by atoms with van der Waals surface area (Å²) in [7, 11) is 0. The third kappa shape index (κ3) is 3.00. The van der Waals surface area contributed by atoms with E-state index in [2.05, 4.69) is 40.6 Å². The summed E-state index contributed by atoms with van der Waals surface area (Å²) in [6.45, 7) is 2.07. The number of hydrogen-bond acceptors (Lipinski definition) is 4. The molecule has 1 N–H and O–H groups in total. The number of nitrogens with zero attached hydrogens (tertiary/aromatic N) is 3. The van der Waals surface area contributed by atoms with Gasteiger partial charge in [0.05, 0.1) is 22.4 Å². The Balaban J connectivity index is 1.77. The van der Waals surface area contributed by atoms with Gasteiger partial charge in [-0.25, -0.2) is 9.98 Å². The molecule has 1 aromatic heterocycles. The van der Waals surface area contributed by atoms with Gasteiger partial charge in [0.25, 0.3) is 0 Å². The number of hydrogen-bond donors (Lipinski definition) is 1. The molecule has 0 unspecified atom stereocenters. The van der Waals surface area contributed by atoms with Crippen molar-refractivity contribution in [2.45, 2.75) is 11.9 Å². The van der Waals surface area contributed by atoms with Crippen molar-refractivity contribution >= 4 is 51.3 Å². The van der Waals surface area contributed by atoms with Crippen molar-refractivity contribution in [1.29, 1.82) is 0 Å². The summed E-state index contributed by atoms with van der Waals surface area (Å²) in [5.41, 5.74) is 6.79. The Hall–Kier alpha value is -2.37. The van der Waals surface area contributed by atoms with Crippen LogP contribution in [0.4, 0.5) is 5.69 Å². The van der Waals surface area contributed by atoms with Gasteiger partial charge in [0.15, 0.2) is 5.17 Å². The van der Waals surface area contributed by atoms with Crippen LogP contribution in [0.1, 0.15) is 11.1 Å². The summed E-state index contributed by atoms with van der Waals surface area (Å²) in [6, 6.07) is 15.8. The molecule has 6 heteroatoms. The number of benzene rings is 2. The quantitative estimate of drug-likeness (QED) is 0.676. The van der Waals surface area contributed by atoms with E-state index in [9.17, 15) is 0 Å². The first-order valence-electron chi connectivity index (χ1n) is 7.40. The van der Waals surface area contributed by atoms with Gasteiger partial charge in [0, 0.05) is 10.9 Å². The number of fused-ring (bicyclic) bond motifs is 2. The van der Waals surface area contributed by atoms with Gasteiger partial charge in [0.2, 0.25) is 0 Å². The third-order valence-electron chi connectivity index (χ3n) is 3.59. The van der Waals surface area contributed by atoms with Crippen molar-refractivity contribution in [2.24, 2.45) is 10.1 Å². The van der Waals surface area contributed by atoms with Gasteiger partial charge in [-0.2, -0.15) is 5.10 Å². The molecule has 118 valence electrons. The van der Waals surface area contributed by atoms with Crippen LogP contribution in [0.25, 0.3) is 10.9 Å². The van der Waals surface area contributed by atoms with Crippen LogP contribution in [0.3, 0.4) is 0 Å². The maximum Gasteiger partial charge on any atom is 0.188 e. The summed E-state index contributed by atoms with van der Waals surface area (Å²) in [4.78, 5) is 9.30. The molecule has 3 aromatic rings. The predicted octanol–water partition coefficient (Wildman–Crippen LogP) is 4.91. The summed E-state index contributed by atoms with van der Waals surface area (Å²) in [5.74, 6) is 0. The van der Waals surface area contributed by atoms with Gasteiger partial charge in [-0.3, -0.25) is 5.43 Å². The second-order valence-electron chi connectivity index (χ2n) is 5.42. The Morgan fingerprint density at radius 1 is 1.12 bits per heavy atom. The summed E-state index contributed by atoms with van der Waals surface area (Å²) in [6.07, 6.45) is 1.77. The lowest BCUT2D eigenvalue weighted by atomic mass is 10.1. The average molecular weight is 353 g/mol. The Bertz CT molecular complexity index is 997. The first-order valence-corrected chi connectivity index (χ1v) is 8.60. The van der Waals surface area contributed by atoms with Gasteiger partial charge in [-0.1, -0.05) is 35.4 Å². The molecule has 0 amide bonds. The van der Waals surface area contributed by atoms with E-state index in [1.54, 1.807) is 6.21 Å². The topological polar surface area (TPSA) is 49.6 Å². The van der Waals surface area contributed by atoms with Crippen LogP contribution in [-0.4, -0.2) is 16.4 Å². The molecule has 24 heavy (non-hydrogen) atoms. The Kier molecular flexibility index (Phi) is 3.96. The standard InChI is InChI=1S/C18H13ClN4S/c1-11-6-7-15-12(8-11)9-13-10-20-23-18(24-17(13)21-15)22-16-5-3-2-4-14(16)19/h2-10H,1H3,(H,22,23). The molecule has 2 aromatic carbocycles. The van der Waals surface area contributed by atoms with Gasteiger partial charge in [-0.05, 0) is 49.0 Å². The second-order valence-corrected chi connectivity index (χ2v) is 6.80. The number of aryl methyl sites for hydroxylation is 1. The zero-order valence-electron chi connectivity index (χ0n) is 12.8. The highest BCUT2D eigenvalue weighted by atomic mass is 35.5. The average Bonchev–Trinajstić information content (AvgIpc) is 2.76. The van der Waals surface area contributed by atoms with Crippen LogP contribution in [-0.2, 0) is 0 Å². The normalized spacial score (nSPS) is 15.2. The molecule has 0 aliphatic carbocycles. The zero-order valence-corrected chi connectivity index (χ0v) is 14.4. The summed E-state index contributed by atoms with van der Waals surface area (Å²) >= 11 is 7.62. The monoisotopic (exact) mass is 352 g/mol. The first-order chi connectivity index (χ1) is 11.7. The van der Waals surface area contributed by atoms with Crippen molar-refractivity contribution in [3.05, 3.63) is 64.7 Å². The number of thioether (sulfide) groups is 1. The lowest BCUT2D eigenvalue weighted by molar-refractivity contribution is 1.05. The summed E-state index contributed by atoms with van der Waals surface area (Å²) in [5, 5.41) is 7.45. The van der Waals surface area contributed by atoms with E-state index in [0.29, 0.717) is 15.9 Å². The highest BCUT2D eigenvalue weighted by Crippen LogP contribution is 2.30. The fraction of sp³-hybridized carbons (Fsp3) is 0.0556. The van der Waals surface area contributed by atoms with Crippen LogP contribution in [0, 0.1) is 6.92 Å². The van der Waals surface area contributed by atoms with E-state index in [1.807, 2.05) is 30.3 Å². The molecule has 0 saturated heterocycles. The van der Waals surface area contributed by atoms with E-state index >= 15 is 0 Å². The fourth-order valence-electron chi connectivity index (χ4n) is 2.44. The van der Waals surface area contributed by atoms with Crippen LogP contribution < -0.4 is 5.43 Å². The maximum absolute atomic E-state index is 6.18. The SMILES string of the molecule is Cc1ccc2nc3c(cc2c1)C=NNC(=Nc1ccccc1Cl)S3. The van der Waals surface area contributed by atoms with E-state index in [-0.39, 0.29) is 0 Å². The van der Waals surface area contributed by atoms with Crippen molar-refractivity contribution < 1.29 is 0 Å². The number of aliphatic imine (C=N–C) groups is 1.